The van der Waals surface area contributed by atoms with Gasteiger partial charge in [0.25, 0.3) is 0 Å². The molecule has 1 aromatic carbocycles. The van der Waals surface area contributed by atoms with Gasteiger partial charge in [-0.2, -0.15) is 0 Å². The molecular formula is C20H32N4O2. The summed E-state index contributed by atoms with van der Waals surface area (Å²) in [5.74, 6) is 0.914. The van der Waals surface area contributed by atoms with Crippen molar-refractivity contribution in [2.45, 2.75) is 52.2 Å². The number of alkyl carbamates (subject to hydrolysis) is 1. The van der Waals surface area contributed by atoms with Crippen LogP contribution in [0, 0.1) is 0 Å². The molecule has 0 radical (unpaired) electrons. The van der Waals surface area contributed by atoms with Gasteiger partial charge < -0.3 is 20.3 Å². The molecule has 1 saturated heterocycles. The van der Waals surface area contributed by atoms with Crippen LogP contribution in [-0.2, 0) is 11.2 Å². The molecule has 1 aliphatic rings. The van der Waals surface area contributed by atoms with Gasteiger partial charge in [-0.15, -0.1) is 0 Å². The second-order valence-corrected chi connectivity index (χ2v) is 7.55. The van der Waals surface area contributed by atoms with Crippen molar-refractivity contribution in [2.24, 2.45) is 4.99 Å². The smallest absolute Gasteiger partial charge is 0.407 e. The number of hydrogen-bond acceptors (Lipinski definition) is 3. The van der Waals surface area contributed by atoms with Gasteiger partial charge in [-0.3, -0.25) is 4.99 Å². The molecule has 0 bridgehead atoms. The molecule has 26 heavy (non-hydrogen) atoms. The van der Waals surface area contributed by atoms with Crippen LogP contribution >= 0.6 is 0 Å². The predicted molar refractivity (Wildman–Crippen MR) is 105 cm³/mol. The number of benzene rings is 1. The molecule has 2 N–H and O–H groups in total. The van der Waals surface area contributed by atoms with Crippen LogP contribution in [0.1, 0.15) is 39.7 Å². The number of carbonyl (C=O) groups excluding carboxylic acids is 1. The van der Waals surface area contributed by atoms with Gasteiger partial charge in [0.05, 0.1) is 6.04 Å². The first kappa shape index (κ1) is 20.1. The van der Waals surface area contributed by atoms with Gasteiger partial charge in [0.2, 0.25) is 0 Å². The van der Waals surface area contributed by atoms with Gasteiger partial charge in [0, 0.05) is 26.2 Å². The normalized spacial score (nSPS) is 17.9. The number of amides is 1. The van der Waals surface area contributed by atoms with Gasteiger partial charge in [-0.1, -0.05) is 30.3 Å². The van der Waals surface area contributed by atoms with E-state index in [9.17, 15) is 4.79 Å². The molecule has 0 aromatic heterocycles. The number of aliphatic imine (C=N–C) groups is 1. The van der Waals surface area contributed by atoms with E-state index < -0.39 is 5.60 Å². The van der Waals surface area contributed by atoms with E-state index in [4.69, 9.17) is 9.73 Å². The molecule has 6 heteroatoms. The summed E-state index contributed by atoms with van der Waals surface area (Å²) in [4.78, 5) is 18.9. The molecule has 2 rings (SSSR count). The molecule has 1 heterocycles. The monoisotopic (exact) mass is 360 g/mol. The second kappa shape index (κ2) is 9.46. The average molecular weight is 361 g/mol. The van der Waals surface area contributed by atoms with Crippen molar-refractivity contribution < 1.29 is 9.53 Å². The maximum atomic E-state index is 11.9. The fourth-order valence-corrected chi connectivity index (χ4v) is 2.91. The number of likely N-dealkylation sites (tertiary alicyclic amines) is 1. The van der Waals surface area contributed by atoms with Crippen molar-refractivity contribution in [1.82, 2.24) is 15.5 Å². The summed E-state index contributed by atoms with van der Waals surface area (Å²) in [6.07, 6.45) is 1.46. The Hall–Kier alpha value is -2.24. The first-order valence-electron chi connectivity index (χ1n) is 9.44. The molecule has 1 amide bonds. The standard InChI is InChI=1S/C20H32N4O2/c1-5-21-18(22-13-11-16-9-7-6-8-10-16)24-14-12-17(15-24)23-19(25)26-20(2,3)4/h6-10,17H,5,11-15H2,1-4H3,(H,21,22)(H,23,25). The zero-order valence-electron chi connectivity index (χ0n) is 16.4. The minimum absolute atomic E-state index is 0.0860. The van der Waals surface area contributed by atoms with Gasteiger partial charge in [-0.05, 0) is 46.1 Å². The molecule has 0 aliphatic carbocycles. The van der Waals surface area contributed by atoms with Crippen LogP contribution in [0.3, 0.4) is 0 Å². The van der Waals surface area contributed by atoms with E-state index in [0.717, 1.165) is 45.0 Å². The summed E-state index contributed by atoms with van der Waals surface area (Å²) in [5.41, 5.74) is 0.814. The zero-order valence-corrected chi connectivity index (χ0v) is 16.4. The lowest BCUT2D eigenvalue weighted by molar-refractivity contribution is 0.0507. The Kier molecular flexibility index (Phi) is 7.30. The SMILES string of the molecule is CCNC(=NCCc1ccccc1)N1CCC(NC(=O)OC(C)(C)C)C1. The molecule has 0 spiro atoms. The van der Waals surface area contributed by atoms with Crippen molar-refractivity contribution in [3.8, 4) is 0 Å². The minimum atomic E-state index is -0.476. The lowest BCUT2D eigenvalue weighted by Crippen LogP contribution is -2.44. The van der Waals surface area contributed by atoms with E-state index >= 15 is 0 Å². The Morgan fingerprint density at radius 2 is 2.04 bits per heavy atom. The summed E-state index contributed by atoms with van der Waals surface area (Å²) >= 11 is 0. The molecule has 1 aliphatic heterocycles. The van der Waals surface area contributed by atoms with Crippen LogP contribution in [0.5, 0.6) is 0 Å². The second-order valence-electron chi connectivity index (χ2n) is 7.55. The molecule has 1 aromatic rings. The van der Waals surface area contributed by atoms with Gasteiger partial charge >= 0.3 is 6.09 Å². The van der Waals surface area contributed by atoms with Gasteiger partial charge in [0.1, 0.15) is 5.60 Å². The molecule has 1 atom stereocenters. The maximum Gasteiger partial charge on any atom is 0.407 e. The Bertz CT molecular complexity index is 596. The van der Waals surface area contributed by atoms with E-state index in [2.05, 4.69) is 46.7 Å². The first-order chi connectivity index (χ1) is 12.4. The van der Waals surface area contributed by atoms with Crippen LogP contribution in [0.15, 0.2) is 35.3 Å². The Morgan fingerprint density at radius 3 is 2.69 bits per heavy atom. The number of nitrogens with one attached hydrogen (secondary N) is 2. The highest BCUT2D eigenvalue weighted by molar-refractivity contribution is 5.80. The van der Waals surface area contributed by atoms with Crippen molar-refractivity contribution in [3.05, 3.63) is 35.9 Å². The maximum absolute atomic E-state index is 11.9. The molecular weight excluding hydrogens is 328 g/mol. The van der Waals surface area contributed by atoms with E-state index in [1.54, 1.807) is 0 Å². The first-order valence-corrected chi connectivity index (χ1v) is 9.44. The molecule has 0 saturated carbocycles. The van der Waals surface area contributed by atoms with E-state index in [1.165, 1.54) is 5.56 Å². The van der Waals surface area contributed by atoms with Crippen molar-refractivity contribution in [1.29, 1.82) is 0 Å². The average Bonchev–Trinajstić information content (AvgIpc) is 3.01. The molecule has 1 fully saturated rings. The fourth-order valence-electron chi connectivity index (χ4n) is 2.91. The fraction of sp³-hybridized carbons (Fsp3) is 0.600. The van der Waals surface area contributed by atoms with Crippen LogP contribution < -0.4 is 10.6 Å². The minimum Gasteiger partial charge on any atom is -0.444 e. The number of guanidine groups is 1. The molecule has 1 unspecified atom stereocenters. The highest BCUT2D eigenvalue weighted by Gasteiger charge is 2.27. The summed E-state index contributed by atoms with van der Waals surface area (Å²) < 4.78 is 5.34. The summed E-state index contributed by atoms with van der Waals surface area (Å²) in [6, 6.07) is 10.5. The number of hydrogen-bond donors (Lipinski definition) is 2. The quantitative estimate of drug-likeness (QED) is 0.626. The number of carbonyl (C=O) groups is 1. The Morgan fingerprint density at radius 1 is 1.31 bits per heavy atom. The van der Waals surface area contributed by atoms with Crippen molar-refractivity contribution >= 4 is 12.1 Å². The zero-order chi connectivity index (χ0) is 19.0. The summed E-state index contributed by atoms with van der Waals surface area (Å²) in [7, 11) is 0. The summed E-state index contributed by atoms with van der Waals surface area (Å²) in [6.45, 7) is 10.9. The topological polar surface area (TPSA) is 66.0 Å². The summed E-state index contributed by atoms with van der Waals surface area (Å²) in [5, 5.41) is 6.31. The van der Waals surface area contributed by atoms with Crippen molar-refractivity contribution in [2.75, 3.05) is 26.2 Å². The van der Waals surface area contributed by atoms with Gasteiger partial charge in [0.15, 0.2) is 5.96 Å². The lowest BCUT2D eigenvalue weighted by atomic mass is 10.2. The molecule has 144 valence electrons. The third-order valence-electron chi connectivity index (χ3n) is 4.05. The van der Waals surface area contributed by atoms with Crippen molar-refractivity contribution in [3.63, 3.8) is 0 Å². The highest BCUT2D eigenvalue weighted by Crippen LogP contribution is 2.12. The van der Waals surface area contributed by atoms with Crippen LogP contribution in [-0.4, -0.2) is 54.8 Å². The van der Waals surface area contributed by atoms with E-state index in [0.29, 0.717) is 0 Å². The number of ether oxygens (including phenoxy) is 1. The number of nitrogens with zero attached hydrogens (tertiary/aromatic N) is 2. The van der Waals surface area contributed by atoms with Crippen LogP contribution in [0.4, 0.5) is 4.79 Å². The third-order valence-corrected chi connectivity index (χ3v) is 4.05. The van der Waals surface area contributed by atoms with Gasteiger partial charge in [-0.25, -0.2) is 4.79 Å². The number of rotatable bonds is 5. The lowest BCUT2D eigenvalue weighted by Gasteiger charge is -2.23. The Balaban J connectivity index is 1.86. The van der Waals surface area contributed by atoms with Crippen LogP contribution in [0.2, 0.25) is 0 Å². The highest BCUT2D eigenvalue weighted by atomic mass is 16.6. The molecule has 6 nitrogen and oxygen atoms in total. The Labute approximate surface area is 157 Å². The van der Waals surface area contributed by atoms with E-state index in [1.807, 2.05) is 26.8 Å². The largest absolute Gasteiger partial charge is 0.444 e. The van der Waals surface area contributed by atoms with E-state index in [-0.39, 0.29) is 12.1 Å². The third kappa shape index (κ3) is 6.94. The predicted octanol–water partition coefficient (Wildman–Crippen LogP) is 2.79. The van der Waals surface area contributed by atoms with Crippen LogP contribution in [0.25, 0.3) is 0 Å².